The molecule has 2 aliphatic heterocycles. The van der Waals surface area contributed by atoms with Crippen LogP contribution in [0.4, 0.5) is 14.0 Å². The normalized spacial score (nSPS) is 22.0. The summed E-state index contributed by atoms with van der Waals surface area (Å²) in [7, 11) is 3.20. The average Bonchev–Trinajstić information content (AvgIpc) is 3.17. The lowest BCUT2D eigenvalue weighted by Gasteiger charge is -2.38. The van der Waals surface area contributed by atoms with E-state index in [-0.39, 0.29) is 37.0 Å². The van der Waals surface area contributed by atoms with E-state index in [0.29, 0.717) is 25.6 Å². The van der Waals surface area contributed by atoms with Crippen LogP contribution in [0, 0.1) is 17.7 Å². The molecule has 2 fully saturated rings. The number of urea groups is 1. The summed E-state index contributed by atoms with van der Waals surface area (Å²) in [5.74, 6) is 0.110. The van der Waals surface area contributed by atoms with Gasteiger partial charge in [-0.25, -0.2) is 14.0 Å². The predicted molar refractivity (Wildman–Crippen MR) is 139 cm³/mol. The van der Waals surface area contributed by atoms with Gasteiger partial charge >= 0.3 is 12.1 Å². The maximum atomic E-state index is 14.1. The Labute approximate surface area is 219 Å². The minimum absolute atomic E-state index is 0.00238. The van der Waals surface area contributed by atoms with Crippen LogP contribution in [0.1, 0.15) is 50.2 Å². The number of hydrogen-bond acceptors (Lipinski definition) is 6. The lowest BCUT2D eigenvalue weighted by molar-refractivity contribution is -0.00882. The first-order valence-corrected chi connectivity index (χ1v) is 13.5. The van der Waals surface area contributed by atoms with Crippen molar-refractivity contribution in [2.75, 3.05) is 60.2 Å². The third-order valence-corrected chi connectivity index (χ3v) is 7.11. The number of alkyl carbamates (subject to hydrolysis) is 1. The van der Waals surface area contributed by atoms with Crippen molar-refractivity contribution in [1.82, 2.24) is 20.9 Å². The zero-order valence-corrected chi connectivity index (χ0v) is 22.2. The Morgan fingerprint density at radius 3 is 2.89 bits per heavy atom. The molecule has 1 aromatic rings. The van der Waals surface area contributed by atoms with E-state index in [1.165, 1.54) is 19.2 Å². The average molecular weight is 523 g/mol. The first-order chi connectivity index (χ1) is 18.0. The first-order valence-electron chi connectivity index (χ1n) is 13.5. The Balaban J connectivity index is 1.62. The molecule has 9 nitrogen and oxygen atoms in total. The van der Waals surface area contributed by atoms with Crippen molar-refractivity contribution in [2.24, 2.45) is 11.8 Å². The number of ether oxygens (including phenoxy) is 3. The number of methoxy groups -OCH3 is 1. The molecule has 37 heavy (non-hydrogen) atoms. The van der Waals surface area contributed by atoms with Crippen LogP contribution < -0.4 is 16.0 Å². The quantitative estimate of drug-likeness (QED) is 0.385. The molecule has 0 aromatic heterocycles. The number of nitrogens with zero attached hydrogens (tertiary/aromatic N) is 1. The van der Waals surface area contributed by atoms with E-state index in [9.17, 15) is 14.0 Å². The van der Waals surface area contributed by atoms with Crippen molar-refractivity contribution in [3.05, 3.63) is 35.6 Å². The summed E-state index contributed by atoms with van der Waals surface area (Å²) in [6.45, 7) is 3.96. The van der Waals surface area contributed by atoms with E-state index in [1.54, 1.807) is 6.07 Å². The minimum Gasteiger partial charge on any atom is -0.453 e. The maximum Gasteiger partial charge on any atom is 0.406 e. The fourth-order valence-electron chi connectivity index (χ4n) is 5.31. The van der Waals surface area contributed by atoms with Gasteiger partial charge in [-0.3, -0.25) is 0 Å². The van der Waals surface area contributed by atoms with Gasteiger partial charge in [0.05, 0.1) is 19.8 Å². The number of benzene rings is 1. The Morgan fingerprint density at radius 1 is 1.24 bits per heavy atom. The van der Waals surface area contributed by atoms with E-state index >= 15 is 0 Å². The largest absolute Gasteiger partial charge is 0.453 e. The minimum atomic E-state index is -0.530. The number of likely N-dealkylation sites (N-methyl/N-ethyl adjacent to an activating group) is 1. The van der Waals surface area contributed by atoms with Gasteiger partial charge in [0.1, 0.15) is 5.82 Å². The van der Waals surface area contributed by atoms with Gasteiger partial charge in [-0.05, 0) is 62.8 Å². The second-order valence-electron chi connectivity index (χ2n) is 9.99. The smallest absolute Gasteiger partial charge is 0.406 e. The Kier molecular flexibility index (Phi) is 12.4. The summed E-state index contributed by atoms with van der Waals surface area (Å²) < 4.78 is 30.6. The molecule has 2 heterocycles. The van der Waals surface area contributed by atoms with Crippen LogP contribution in [-0.2, 0) is 14.2 Å². The molecular weight excluding hydrogens is 479 g/mol. The molecule has 0 bridgehead atoms. The molecular formula is C27H43FN4O5. The standard InChI is InChI=1S/C27H43FN4O5/c1-29-17-24(15-20-7-3-4-13-36-19-20)31-26(33)32-12-6-9-22(18-32)25(21-8-5-10-23(28)16-21)37-14-11-30-27(34)35-2/h5,8,10,16,20,22,24-25,29H,3-4,6-7,9,11-15,17-19H2,1-2H3,(H,30,34)(H,31,33)/t20-,22-,24+,25+/m1/s1. The molecule has 4 atom stereocenters. The van der Waals surface area contributed by atoms with Gasteiger partial charge in [-0.15, -0.1) is 0 Å². The number of likely N-dealkylation sites (tertiary alicyclic amines) is 1. The lowest BCUT2D eigenvalue weighted by Crippen LogP contribution is -2.52. The van der Waals surface area contributed by atoms with Crippen LogP contribution in [0.25, 0.3) is 0 Å². The van der Waals surface area contributed by atoms with Crippen molar-refractivity contribution in [3.63, 3.8) is 0 Å². The van der Waals surface area contributed by atoms with Gasteiger partial charge in [-0.2, -0.15) is 0 Å². The van der Waals surface area contributed by atoms with Crippen LogP contribution in [-0.4, -0.2) is 83.2 Å². The highest BCUT2D eigenvalue weighted by molar-refractivity contribution is 5.74. The summed E-state index contributed by atoms with van der Waals surface area (Å²) >= 11 is 0. The number of nitrogens with one attached hydrogen (secondary N) is 3. The predicted octanol–water partition coefficient (Wildman–Crippen LogP) is 3.46. The molecule has 3 rings (SSSR count). The van der Waals surface area contributed by atoms with Gasteiger partial charge in [0.25, 0.3) is 0 Å². The van der Waals surface area contributed by atoms with Crippen molar-refractivity contribution >= 4 is 12.1 Å². The first kappa shape index (κ1) is 29.1. The topological polar surface area (TPSA) is 101 Å². The van der Waals surface area contributed by atoms with Crippen LogP contribution in [0.5, 0.6) is 0 Å². The number of rotatable bonds is 11. The fraction of sp³-hybridized carbons (Fsp3) is 0.704. The van der Waals surface area contributed by atoms with Crippen LogP contribution >= 0.6 is 0 Å². The third-order valence-electron chi connectivity index (χ3n) is 7.11. The highest BCUT2D eigenvalue weighted by Crippen LogP contribution is 2.33. The van der Waals surface area contributed by atoms with E-state index < -0.39 is 12.2 Å². The SMILES string of the molecule is CNC[C@H](C[C@H]1CCCCOC1)NC(=O)N1CCC[C@@H]([C@@H](OCCNC(=O)OC)c2cccc(F)c2)C1. The van der Waals surface area contributed by atoms with Crippen molar-refractivity contribution in [2.45, 2.75) is 50.7 Å². The number of halogens is 1. The number of hydrogen-bond donors (Lipinski definition) is 3. The summed E-state index contributed by atoms with van der Waals surface area (Å²) in [5.41, 5.74) is 0.728. The molecule has 0 saturated carbocycles. The van der Waals surface area contributed by atoms with Crippen molar-refractivity contribution < 1.29 is 28.2 Å². The van der Waals surface area contributed by atoms with Gasteiger partial charge in [-0.1, -0.05) is 18.6 Å². The molecule has 0 aliphatic carbocycles. The fourth-order valence-corrected chi connectivity index (χ4v) is 5.31. The zero-order valence-electron chi connectivity index (χ0n) is 22.2. The molecule has 1 aromatic carbocycles. The second kappa shape index (κ2) is 15.7. The monoisotopic (exact) mass is 522 g/mol. The molecule has 3 N–H and O–H groups in total. The van der Waals surface area contributed by atoms with Gasteiger partial charge in [0, 0.05) is 51.4 Å². The van der Waals surface area contributed by atoms with Gasteiger partial charge < -0.3 is 35.1 Å². The maximum absolute atomic E-state index is 14.1. The molecule has 0 unspecified atom stereocenters. The molecule has 2 saturated heterocycles. The Hall–Kier alpha value is -2.43. The van der Waals surface area contributed by atoms with E-state index in [4.69, 9.17) is 9.47 Å². The van der Waals surface area contributed by atoms with Crippen molar-refractivity contribution in [1.29, 1.82) is 0 Å². The Morgan fingerprint density at radius 2 is 2.11 bits per heavy atom. The highest BCUT2D eigenvalue weighted by atomic mass is 19.1. The summed E-state index contributed by atoms with van der Waals surface area (Å²) in [4.78, 5) is 26.5. The molecule has 0 radical (unpaired) electrons. The summed E-state index contributed by atoms with van der Waals surface area (Å²) in [6.07, 6.45) is 5.03. The number of carbonyl (C=O) groups excluding carboxylic acids is 2. The Bertz CT molecular complexity index is 837. The van der Waals surface area contributed by atoms with Crippen LogP contribution in [0.2, 0.25) is 0 Å². The van der Waals surface area contributed by atoms with E-state index in [1.807, 2.05) is 18.0 Å². The zero-order chi connectivity index (χ0) is 26.5. The lowest BCUT2D eigenvalue weighted by atomic mass is 9.88. The molecule has 3 amide bonds. The van der Waals surface area contributed by atoms with Crippen LogP contribution in [0.15, 0.2) is 24.3 Å². The van der Waals surface area contributed by atoms with E-state index in [0.717, 1.165) is 57.3 Å². The van der Waals surface area contributed by atoms with Gasteiger partial charge in [0.15, 0.2) is 0 Å². The molecule has 10 heteroatoms. The summed E-state index contributed by atoms with van der Waals surface area (Å²) in [5, 5.41) is 9.05. The molecule has 208 valence electrons. The van der Waals surface area contributed by atoms with Crippen molar-refractivity contribution in [3.8, 4) is 0 Å². The summed E-state index contributed by atoms with van der Waals surface area (Å²) in [6, 6.07) is 6.34. The third kappa shape index (κ3) is 9.75. The molecule has 0 spiro atoms. The number of piperidine rings is 1. The molecule has 2 aliphatic rings. The number of amides is 3. The highest BCUT2D eigenvalue weighted by Gasteiger charge is 2.32. The second-order valence-corrected chi connectivity index (χ2v) is 9.99. The van der Waals surface area contributed by atoms with Crippen LogP contribution in [0.3, 0.4) is 0 Å². The van der Waals surface area contributed by atoms with E-state index in [2.05, 4.69) is 20.7 Å². The van der Waals surface area contributed by atoms with Gasteiger partial charge in [0.2, 0.25) is 0 Å². The number of carbonyl (C=O) groups is 2.